The third-order valence-electron chi connectivity index (χ3n) is 11.8. The summed E-state index contributed by atoms with van der Waals surface area (Å²) < 4.78 is 34.1. The average Bonchev–Trinajstić information content (AvgIpc) is 3.27. The maximum atomic E-state index is 12.7. The molecule has 66 heavy (non-hydrogen) atoms. The highest BCUT2D eigenvalue weighted by molar-refractivity contribution is 7.45. The maximum Gasteiger partial charge on any atom is 0.306 e. The van der Waals surface area contributed by atoms with Crippen LogP contribution in [0.15, 0.2) is 48.6 Å². The Hall–Kier alpha value is -2.03. The summed E-state index contributed by atoms with van der Waals surface area (Å²) in [5, 5.41) is 0. The van der Waals surface area contributed by atoms with E-state index in [0.717, 1.165) is 64.2 Å². The van der Waals surface area contributed by atoms with E-state index in [4.69, 9.17) is 18.5 Å². The van der Waals surface area contributed by atoms with Gasteiger partial charge in [0.15, 0.2) is 6.10 Å². The van der Waals surface area contributed by atoms with Crippen molar-refractivity contribution >= 4 is 19.8 Å². The van der Waals surface area contributed by atoms with Crippen LogP contribution in [-0.2, 0) is 32.7 Å². The number of rotatable bonds is 50. The summed E-state index contributed by atoms with van der Waals surface area (Å²) in [4.78, 5) is 37.8. The number of quaternary nitrogens is 1. The minimum absolute atomic E-state index is 0.0335. The Balaban J connectivity index is 4.16. The zero-order valence-electron chi connectivity index (χ0n) is 43.6. The van der Waals surface area contributed by atoms with Crippen molar-refractivity contribution in [2.75, 3.05) is 47.5 Å². The molecule has 2 unspecified atom stereocenters. The molecule has 0 rings (SSSR count). The average molecular weight is 950 g/mol. The van der Waals surface area contributed by atoms with E-state index in [2.05, 4.69) is 62.5 Å². The van der Waals surface area contributed by atoms with Crippen molar-refractivity contribution < 1.29 is 42.1 Å². The molecule has 0 radical (unpaired) electrons. The van der Waals surface area contributed by atoms with Crippen LogP contribution in [0.4, 0.5) is 0 Å². The predicted octanol–water partition coefficient (Wildman–Crippen LogP) is 16.0. The summed E-state index contributed by atoms with van der Waals surface area (Å²) in [7, 11) is 1.16. The number of phosphoric acid groups is 1. The SMILES string of the molecule is CC/C=C\C/C=C\C/C=C\CCCCCCCCCC(=O)OC(COC(=O)CCCCCCCCCCCCCCC/C=C\CCCCCCCCCC)COP(=O)([O-])OCC[N+](C)(C)C. The van der Waals surface area contributed by atoms with E-state index in [1.807, 2.05) is 21.1 Å². The van der Waals surface area contributed by atoms with Gasteiger partial charge in [-0.05, 0) is 70.6 Å². The Morgan fingerprint density at radius 1 is 0.485 bits per heavy atom. The number of likely N-dealkylation sites (N-methyl/N-ethyl adjacent to an activating group) is 1. The molecular weight excluding hydrogens is 846 g/mol. The number of unbranched alkanes of at least 4 members (excludes halogenated alkanes) is 28. The molecule has 2 atom stereocenters. The first-order chi connectivity index (χ1) is 32.0. The van der Waals surface area contributed by atoms with Crippen molar-refractivity contribution in [3.63, 3.8) is 0 Å². The number of carbonyl (C=O) groups is 2. The zero-order chi connectivity index (χ0) is 48.5. The lowest BCUT2D eigenvalue weighted by Crippen LogP contribution is -2.37. The molecule has 0 N–H and O–H groups in total. The lowest BCUT2D eigenvalue weighted by Gasteiger charge is -2.28. The molecule has 386 valence electrons. The first-order valence-corrected chi connectivity index (χ1v) is 28.8. The highest BCUT2D eigenvalue weighted by Crippen LogP contribution is 2.38. The van der Waals surface area contributed by atoms with Crippen molar-refractivity contribution in [3.05, 3.63) is 48.6 Å². The Morgan fingerprint density at radius 3 is 1.30 bits per heavy atom. The van der Waals surface area contributed by atoms with Gasteiger partial charge in [0.05, 0.1) is 27.7 Å². The molecule has 0 fully saturated rings. The predicted molar refractivity (Wildman–Crippen MR) is 277 cm³/mol. The second kappa shape index (κ2) is 48.0. The number of phosphoric ester groups is 1. The summed E-state index contributed by atoms with van der Waals surface area (Å²) in [5.41, 5.74) is 0. The minimum atomic E-state index is -4.64. The summed E-state index contributed by atoms with van der Waals surface area (Å²) >= 11 is 0. The van der Waals surface area contributed by atoms with Gasteiger partial charge in [-0.1, -0.05) is 210 Å². The van der Waals surface area contributed by atoms with Gasteiger partial charge in [0.25, 0.3) is 7.82 Å². The normalized spacial score (nSPS) is 13.7. The molecule has 0 heterocycles. The molecule has 0 aliphatic rings. The van der Waals surface area contributed by atoms with Crippen molar-refractivity contribution in [1.82, 2.24) is 0 Å². The van der Waals surface area contributed by atoms with Gasteiger partial charge >= 0.3 is 11.9 Å². The highest BCUT2D eigenvalue weighted by Gasteiger charge is 2.21. The second-order valence-electron chi connectivity index (χ2n) is 19.6. The topological polar surface area (TPSA) is 111 Å². The molecule has 0 aromatic carbocycles. The van der Waals surface area contributed by atoms with Gasteiger partial charge in [-0.15, -0.1) is 0 Å². The maximum absolute atomic E-state index is 12.7. The Bertz CT molecular complexity index is 1260. The quantitative estimate of drug-likeness (QED) is 0.0195. The Kier molecular flexibility index (Phi) is 46.5. The van der Waals surface area contributed by atoms with Gasteiger partial charge in [-0.3, -0.25) is 14.2 Å². The first kappa shape index (κ1) is 64.0. The molecule has 10 heteroatoms. The van der Waals surface area contributed by atoms with Crippen LogP contribution in [0.3, 0.4) is 0 Å². The number of ether oxygens (including phenoxy) is 2. The number of hydrogen-bond acceptors (Lipinski definition) is 8. The van der Waals surface area contributed by atoms with Crippen LogP contribution in [0.25, 0.3) is 0 Å². The van der Waals surface area contributed by atoms with Gasteiger partial charge < -0.3 is 27.9 Å². The van der Waals surface area contributed by atoms with Crippen LogP contribution in [-0.4, -0.2) is 70.0 Å². The van der Waals surface area contributed by atoms with Crippen LogP contribution < -0.4 is 4.89 Å². The van der Waals surface area contributed by atoms with Gasteiger partial charge in [-0.2, -0.15) is 0 Å². The number of allylic oxidation sites excluding steroid dienone is 8. The van der Waals surface area contributed by atoms with Crippen molar-refractivity contribution in [3.8, 4) is 0 Å². The second-order valence-corrected chi connectivity index (χ2v) is 21.0. The summed E-state index contributed by atoms with van der Waals surface area (Å²) in [6.45, 7) is 4.14. The molecule has 0 aromatic rings. The van der Waals surface area contributed by atoms with Crippen LogP contribution in [0.5, 0.6) is 0 Å². The van der Waals surface area contributed by atoms with Crippen molar-refractivity contribution in [2.24, 2.45) is 0 Å². The minimum Gasteiger partial charge on any atom is -0.756 e. The van der Waals surface area contributed by atoms with Crippen LogP contribution in [0.2, 0.25) is 0 Å². The van der Waals surface area contributed by atoms with E-state index in [1.165, 1.54) is 148 Å². The van der Waals surface area contributed by atoms with Crippen molar-refractivity contribution in [1.29, 1.82) is 0 Å². The number of hydrogen-bond donors (Lipinski definition) is 0. The first-order valence-electron chi connectivity index (χ1n) is 27.3. The third kappa shape index (κ3) is 51.4. The van der Waals surface area contributed by atoms with E-state index >= 15 is 0 Å². The fraction of sp³-hybridized carbons (Fsp3) is 0.821. The summed E-state index contributed by atoms with van der Waals surface area (Å²) in [6, 6.07) is 0. The van der Waals surface area contributed by atoms with Crippen LogP contribution in [0, 0.1) is 0 Å². The number of esters is 2. The molecule has 0 spiro atoms. The molecule has 0 bridgehead atoms. The third-order valence-corrected chi connectivity index (χ3v) is 12.8. The van der Waals surface area contributed by atoms with E-state index in [9.17, 15) is 19.0 Å². The lowest BCUT2D eigenvalue weighted by atomic mass is 10.0. The van der Waals surface area contributed by atoms with E-state index < -0.39 is 26.5 Å². The molecule has 0 aromatic heterocycles. The molecule has 0 amide bonds. The number of carbonyl (C=O) groups excluding carboxylic acids is 2. The van der Waals surface area contributed by atoms with Crippen LogP contribution in [0.1, 0.15) is 245 Å². The van der Waals surface area contributed by atoms with Gasteiger partial charge in [0, 0.05) is 12.8 Å². The Morgan fingerprint density at radius 2 is 0.864 bits per heavy atom. The molecule has 0 aliphatic heterocycles. The number of nitrogens with zero attached hydrogens (tertiary/aromatic N) is 1. The van der Waals surface area contributed by atoms with Crippen LogP contribution >= 0.6 is 7.82 Å². The molecule has 0 aliphatic carbocycles. The smallest absolute Gasteiger partial charge is 0.306 e. The fourth-order valence-electron chi connectivity index (χ4n) is 7.61. The standard InChI is InChI=1S/C56H104NO8P/c1-6-8-10-12-14-16-18-20-22-24-25-26-27-28-29-30-31-33-34-36-38-40-42-44-46-48-55(58)62-52-54(53-64-66(60,61)63-51-50-57(3,4)5)65-56(59)49-47-45-43-41-39-37-35-32-23-21-19-17-15-13-11-9-7-2/h9,11,15,17,21,23-25,54H,6-8,10,12-14,16,18-20,22,26-53H2,1-5H3/b11-9-,17-15-,23-21-,25-24-. The summed E-state index contributed by atoms with van der Waals surface area (Å²) in [5.74, 6) is -0.839. The molecule has 0 saturated carbocycles. The van der Waals surface area contributed by atoms with Gasteiger partial charge in [0.1, 0.15) is 19.8 Å². The van der Waals surface area contributed by atoms with Gasteiger partial charge in [0.2, 0.25) is 0 Å². The fourth-order valence-corrected chi connectivity index (χ4v) is 8.34. The highest BCUT2D eigenvalue weighted by atomic mass is 31.2. The molecule has 0 saturated heterocycles. The monoisotopic (exact) mass is 950 g/mol. The molecular formula is C56H104NO8P. The Labute approximate surface area is 407 Å². The van der Waals surface area contributed by atoms with E-state index in [0.29, 0.717) is 17.4 Å². The van der Waals surface area contributed by atoms with Gasteiger partial charge in [-0.25, -0.2) is 0 Å². The van der Waals surface area contributed by atoms with E-state index in [1.54, 1.807) is 0 Å². The zero-order valence-corrected chi connectivity index (χ0v) is 44.5. The largest absolute Gasteiger partial charge is 0.756 e. The van der Waals surface area contributed by atoms with E-state index in [-0.39, 0.29) is 32.0 Å². The lowest BCUT2D eigenvalue weighted by molar-refractivity contribution is -0.870. The molecule has 9 nitrogen and oxygen atoms in total. The van der Waals surface area contributed by atoms with Crippen molar-refractivity contribution in [2.45, 2.75) is 251 Å². The summed E-state index contributed by atoms with van der Waals surface area (Å²) in [6.07, 6.45) is 58.7.